The topological polar surface area (TPSA) is 51.5 Å². The molecule has 0 atom stereocenters. The lowest BCUT2D eigenvalue weighted by molar-refractivity contribution is 0.0688. The molecule has 0 unspecified atom stereocenters. The van der Waals surface area contributed by atoms with Crippen molar-refractivity contribution in [3.63, 3.8) is 0 Å². The molecule has 0 aliphatic carbocycles. The number of carboxylic acid groups (broad SMARTS) is 1. The molecule has 0 bridgehead atoms. The number of aromatic nitrogens is 1. The van der Waals surface area contributed by atoms with E-state index in [1.165, 1.54) is 0 Å². The standard InChI is InChI=1S/C13H13NO3/c1-9-3-8-12(13(15)16)14(9)10-4-6-11(17-2)7-5-10/h3-8H,1-2H3,(H,15,16). The van der Waals surface area contributed by atoms with E-state index >= 15 is 0 Å². The molecule has 0 amide bonds. The van der Waals surface area contributed by atoms with Gasteiger partial charge in [0.1, 0.15) is 11.4 Å². The predicted molar refractivity (Wildman–Crippen MR) is 64.0 cm³/mol. The molecule has 88 valence electrons. The first-order chi connectivity index (χ1) is 8.13. The van der Waals surface area contributed by atoms with Crippen LogP contribution in [0.2, 0.25) is 0 Å². The van der Waals surface area contributed by atoms with Gasteiger partial charge in [0.15, 0.2) is 0 Å². The van der Waals surface area contributed by atoms with Gasteiger partial charge < -0.3 is 14.4 Å². The number of benzene rings is 1. The zero-order valence-electron chi connectivity index (χ0n) is 9.68. The minimum absolute atomic E-state index is 0.257. The molecule has 4 heteroatoms. The number of rotatable bonds is 3. The van der Waals surface area contributed by atoms with Gasteiger partial charge in [-0.1, -0.05) is 0 Å². The normalized spacial score (nSPS) is 10.2. The molecule has 1 heterocycles. The molecule has 0 fully saturated rings. The summed E-state index contributed by atoms with van der Waals surface area (Å²) < 4.78 is 6.77. The highest BCUT2D eigenvalue weighted by Gasteiger charge is 2.12. The van der Waals surface area contributed by atoms with Crippen LogP contribution in [0, 0.1) is 6.92 Å². The van der Waals surface area contributed by atoms with Crippen molar-refractivity contribution in [3.8, 4) is 11.4 Å². The Morgan fingerprint density at radius 2 is 1.82 bits per heavy atom. The van der Waals surface area contributed by atoms with Crippen molar-refractivity contribution in [1.29, 1.82) is 0 Å². The summed E-state index contributed by atoms with van der Waals surface area (Å²) in [4.78, 5) is 11.1. The van der Waals surface area contributed by atoms with E-state index in [1.54, 1.807) is 35.9 Å². The van der Waals surface area contributed by atoms with E-state index in [1.807, 2.05) is 19.1 Å². The van der Waals surface area contributed by atoms with E-state index in [0.717, 1.165) is 17.1 Å². The number of carbonyl (C=O) groups is 1. The second kappa shape index (κ2) is 4.33. The summed E-state index contributed by atoms with van der Waals surface area (Å²) in [5, 5.41) is 9.10. The van der Waals surface area contributed by atoms with Crippen molar-refractivity contribution in [3.05, 3.63) is 47.8 Å². The summed E-state index contributed by atoms with van der Waals surface area (Å²) in [6.45, 7) is 1.87. The summed E-state index contributed by atoms with van der Waals surface area (Å²) in [6, 6.07) is 10.7. The number of hydrogen-bond acceptors (Lipinski definition) is 2. The molecule has 17 heavy (non-hydrogen) atoms. The molecular formula is C13H13NO3. The molecule has 1 N–H and O–H groups in total. The number of ether oxygens (including phenoxy) is 1. The van der Waals surface area contributed by atoms with Crippen LogP contribution < -0.4 is 4.74 Å². The van der Waals surface area contributed by atoms with Crippen molar-refractivity contribution >= 4 is 5.97 Å². The Balaban J connectivity index is 2.51. The maximum atomic E-state index is 11.1. The Kier molecular flexibility index (Phi) is 2.87. The van der Waals surface area contributed by atoms with Crippen LogP contribution in [-0.2, 0) is 0 Å². The van der Waals surface area contributed by atoms with Crippen molar-refractivity contribution in [2.45, 2.75) is 6.92 Å². The smallest absolute Gasteiger partial charge is 0.352 e. The Hall–Kier alpha value is -2.23. The van der Waals surface area contributed by atoms with Gasteiger partial charge in [-0.2, -0.15) is 0 Å². The largest absolute Gasteiger partial charge is 0.497 e. The van der Waals surface area contributed by atoms with Crippen LogP contribution >= 0.6 is 0 Å². The lowest BCUT2D eigenvalue weighted by atomic mass is 10.3. The summed E-state index contributed by atoms with van der Waals surface area (Å²) >= 11 is 0. The molecule has 4 nitrogen and oxygen atoms in total. The SMILES string of the molecule is COc1ccc(-n2c(C)ccc2C(=O)O)cc1. The van der Waals surface area contributed by atoms with E-state index in [2.05, 4.69) is 0 Å². The van der Waals surface area contributed by atoms with Crippen LogP contribution in [0.25, 0.3) is 5.69 Å². The first kappa shape index (κ1) is 11.3. The van der Waals surface area contributed by atoms with Crippen LogP contribution in [0.15, 0.2) is 36.4 Å². The second-order valence-electron chi connectivity index (χ2n) is 3.70. The van der Waals surface area contributed by atoms with Gasteiger partial charge >= 0.3 is 5.97 Å². The number of methoxy groups -OCH3 is 1. The lowest BCUT2D eigenvalue weighted by Crippen LogP contribution is -2.07. The average molecular weight is 231 g/mol. The van der Waals surface area contributed by atoms with Crippen molar-refractivity contribution in [2.24, 2.45) is 0 Å². The van der Waals surface area contributed by atoms with Crippen LogP contribution in [0.1, 0.15) is 16.2 Å². The second-order valence-corrected chi connectivity index (χ2v) is 3.70. The van der Waals surface area contributed by atoms with E-state index < -0.39 is 5.97 Å². The lowest BCUT2D eigenvalue weighted by Gasteiger charge is -2.09. The quantitative estimate of drug-likeness (QED) is 0.882. The van der Waals surface area contributed by atoms with Crippen molar-refractivity contribution in [1.82, 2.24) is 4.57 Å². The van der Waals surface area contributed by atoms with Gasteiger partial charge in [0.2, 0.25) is 0 Å². The molecule has 2 aromatic rings. The van der Waals surface area contributed by atoms with Gasteiger partial charge in [-0.15, -0.1) is 0 Å². The van der Waals surface area contributed by atoms with Crippen LogP contribution in [0.4, 0.5) is 0 Å². The third kappa shape index (κ3) is 2.01. The summed E-state index contributed by atoms with van der Waals surface area (Å²) in [7, 11) is 1.60. The number of aryl methyl sites for hydroxylation is 1. The van der Waals surface area contributed by atoms with Crippen LogP contribution in [0.5, 0.6) is 5.75 Å². The molecule has 1 aromatic carbocycles. The zero-order valence-corrected chi connectivity index (χ0v) is 9.68. The fourth-order valence-electron chi connectivity index (χ4n) is 1.78. The Labute approximate surface area is 99.1 Å². The fraction of sp³-hybridized carbons (Fsp3) is 0.154. The predicted octanol–water partition coefficient (Wildman–Crippen LogP) is 2.49. The molecule has 1 aromatic heterocycles. The Morgan fingerprint density at radius 1 is 1.18 bits per heavy atom. The van der Waals surface area contributed by atoms with Gasteiger partial charge in [0.05, 0.1) is 7.11 Å². The minimum atomic E-state index is -0.936. The monoisotopic (exact) mass is 231 g/mol. The van der Waals surface area contributed by atoms with Gasteiger partial charge in [-0.05, 0) is 43.3 Å². The van der Waals surface area contributed by atoms with E-state index in [0.29, 0.717) is 0 Å². The van der Waals surface area contributed by atoms with Crippen LogP contribution in [-0.4, -0.2) is 22.8 Å². The molecule has 2 rings (SSSR count). The number of aromatic carboxylic acids is 1. The van der Waals surface area contributed by atoms with Crippen molar-refractivity contribution < 1.29 is 14.6 Å². The third-order valence-corrected chi connectivity index (χ3v) is 2.63. The molecule has 0 spiro atoms. The number of nitrogens with zero attached hydrogens (tertiary/aromatic N) is 1. The highest BCUT2D eigenvalue weighted by molar-refractivity contribution is 5.87. The number of carboxylic acids is 1. The first-order valence-corrected chi connectivity index (χ1v) is 5.19. The minimum Gasteiger partial charge on any atom is -0.497 e. The Morgan fingerprint density at radius 3 is 2.35 bits per heavy atom. The number of hydrogen-bond donors (Lipinski definition) is 1. The van der Waals surface area contributed by atoms with Gasteiger partial charge in [-0.25, -0.2) is 4.79 Å². The summed E-state index contributed by atoms with van der Waals surface area (Å²) in [5.41, 5.74) is 1.95. The maximum absolute atomic E-state index is 11.1. The molecule has 0 aliphatic heterocycles. The average Bonchev–Trinajstić information content (AvgIpc) is 2.71. The maximum Gasteiger partial charge on any atom is 0.352 e. The van der Waals surface area contributed by atoms with Gasteiger partial charge in [-0.3, -0.25) is 0 Å². The van der Waals surface area contributed by atoms with Gasteiger partial charge in [0, 0.05) is 11.4 Å². The Bertz CT molecular complexity index is 540. The molecule has 0 saturated heterocycles. The zero-order chi connectivity index (χ0) is 12.4. The summed E-state index contributed by atoms with van der Waals surface area (Å²) in [6.07, 6.45) is 0. The molecular weight excluding hydrogens is 218 g/mol. The van der Waals surface area contributed by atoms with Crippen molar-refractivity contribution in [2.75, 3.05) is 7.11 Å². The highest BCUT2D eigenvalue weighted by atomic mass is 16.5. The molecule has 0 aliphatic rings. The van der Waals surface area contributed by atoms with E-state index in [-0.39, 0.29) is 5.69 Å². The molecule has 0 saturated carbocycles. The third-order valence-electron chi connectivity index (χ3n) is 2.63. The highest BCUT2D eigenvalue weighted by Crippen LogP contribution is 2.19. The van der Waals surface area contributed by atoms with E-state index in [4.69, 9.17) is 9.84 Å². The fourth-order valence-corrected chi connectivity index (χ4v) is 1.78. The summed E-state index contributed by atoms with van der Waals surface area (Å²) in [5.74, 6) is -0.190. The van der Waals surface area contributed by atoms with E-state index in [9.17, 15) is 4.79 Å². The first-order valence-electron chi connectivity index (χ1n) is 5.19. The molecule has 0 radical (unpaired) electrons. The van der Waals surface area contributed by atoms with Gasteiger partial charge in [0.25, 0.3) is 0 Å². The van der Waals surface area contributed by atoms with Crippen LogP contribution in [0.3, 0.4) is 0 Å².